The summed E-state index contributed by atoms with van der Waals surface area (Å²) in [4.78, 5) is 13.9. The Hall–Kier alpha value is -1.75. The molecule has 1 saturated heterocycles. The molecule has 5 heteroatoms. The van der Waals surface area contributed by atoms with E-state index in [9.17, 15) is 9.90 Å². The number of carbonyl (C=O) groups is 1. The van der Waals surface area contributed by atoms with E-state index in [4.69, 9.17) is 5.73 Å². The van der Waals surface area contributed by atoms with Gasteiger partial charge in [0.15, 0.2) is 0 Å². The summed E-state index contributed by atoms with van der Waals surface area (Å²) >= 11 is 0. The minimum Gasteiger partial charge on any atom is -0.508 e. The second-order valence-electron chi connectivity index (χ2n) is 5.08. The van der Waals surface area contributed by atoms with E-state index in [0.717, 1.165) is 31.5 Å². The van der Waals surface area contributed by atoms with E-state index in [0.29, 0.717) is 12.2 Å². The van der Waals surface area contributed by atoms with Crippen molar-refractivity contribution in [2.75, 3.05) is 25.9 Å². The average molecular weight is 263 g/mol. The SMILES string of the molecule is CNC(=O)C1CCCN(Cc2cc(N)ccc2O)C1. The molecule has 104 valence electrons. The summed E-state index contributed by atoms with van der Waals surface area (Å²) in [5, 5.41) is 12.5. The molecule has 1 aromatic rings. The van der Waals surface area contributed by atoms with E-state index in [2.05, 4.69) is 10.2 Å². The van der Waals surface area contributed by atoms with Gasteiger partial charge in [0.2, 0.25) is 5.91 Å². The minimum absolute atomic E-state index is 0.0435. The van der Waals surface area contributed by atoms with E-state index in [1.807, 2.05) is 0 Å². The quantitative estimate of drug-likeness (QED) is 0.560. The number of rotatable bonds is 3. The molecule has 4 N–H and O–H groups in total. The fourth-order valence-corrected chi connectivity index (χ4v) is 2.59. The maximum absolute atomic E-state index is 11.7. The monoisotopic (exact) mass is 263 g/mol. The summed E-state index contributed by atoms with van der Waals surface area (Å²) in [7, 11) is 1.67. The first-order valence-corrected chi connectivity index (χ1v) is 6.61. The molecule has 1 unspecified atom stereocenters. The topological polar surface area (TPSA) is 78.6 Å². The number of carbonyl (C=O) groups excluding carboxylic acids is 1. The zero-order valence-corrected chi connectivity index (χ0v) is 11.2. The summed E-state index contributed by atoms with van der Waals surface area (Å²) in [5.41, 5.74) is 7.20. The van der Waals surface area contributed by atoms with Crippen LogP contribution in [0, 0.1) is 5.92 Å². The van der Waals surface area contributed by atoms with Gasteiger partial charge in [0, 0.05) is 31.4 Å². The van der Waals surface area contributed by atoms with Gasteiger partial charge >= 0.3 is 0 Å². The maximum Gasteiger partial charge on any atom is 0.224 e. The second-order valence-corrected chi connectivity index (χ2v) is 5.08. The highest BCUT2D eigenvalue weighted by atomic mass is 16.3. The Morgan fingerprint density at radius 3 is 3.11 bits per heavy atom. The molecule has 1 aliphatic rings. The Balaban J connectivity index is 2.02. The first kappa shape index (κ1) is 13.7. The van der Waals surface area contributed by atoms with Crippen molar-refractivity contribution in [2.24, 2.45) is 5.92 Å². The van der Waals surface area contributed by atoms with E-state index in [1.54, 1.807) is 25.2 Å². The summed E-state index contributed by atoms with van der Waals surface area (Å²) in [6.07, 6.45) is 1.93. The number of benzene rings is 1. The van der Waals surface area contributed by atoms with Crippen LogP contribution in [-0.2, 0) is 11.3 Å². The fraction of sp³-hybridized carbons (Fsp3) is 0.500. The van der Waals surface area contributed by atoms with Crippen LogP contribution in [0.25, 0.3) is 0 Å². The number of hydrogen-bond acceptors (Lipinski definition) is 4. The number of aromatic hydroxyl groups is 1. The number of amides is 1. The molecule has 0 aromatic heterocycles. The highest BCUT2D eigenvalue weighted by molar-refractivity contribution is 5.78. The standard InChI is InChI=1S/C14H21N3O2/c1-16-14(19)10-3-2-6-17(8-10)9-11-7-12(15)4-5-13(11)18/h4-5,7,10,18H,2-3,6,8-9,15H2,1H3,(H,16,19). The van der Waals surface area contributed by atoms with Crippen LogP contribution < -0.4 is 11.1 Å². The predicted octanol–water partition coefficient (Wildman–Crippen LogP) is 0.932. The van der Waals surface area contributed by atoms with Crippen molar-refractivity contribution in [1.29, 1.82) is 0 Å². The summed E-state index contributed by atoms with van der Waals surface area (Å²) in [5.74, 6) is 0.403. The van der Waals surface area contributed by atoms with Crippen molar-refractivity contribution in [3.05, 3.63) is 23.8 Å². The third kappa shape index (κ3) is 3.38. The van der Waals surface area contributed by atoms with Gasteiger partial charge in [0.25, 0.3) is 0 Å². The predicted molar refractivity (Wildman–Crippen MR) is 74.6 cm³/mol. The molecule has 1 fully saturated rings. The highest BCUT2D eigenvalue weighted by Crippen LogP contribution is 2.24. The Bertz CT molecular complexity index is 462. The van der Waals surface area contributed by atoms with Crippen molar-refractivity contribution in [2.45, 2.75) is 19.4 Å². The van der Waals surface area contributed by atoms with E-state index in [1.165, 1.54) is 0 Å². The molecule has 19 heavy (non-hydrogen) atoms. The van der Waals surface area contributed by atoms with Gasteiger partial charge in [-0.15, -0.1) is 0 Å². The van der Waals surface area contributed by atoms with Crippen LogP contribution in [0.5, 0.6) is 5.75 Å². The third-order valence-corrected chi connectivity index (χ3v) is 3.62. The molecule has 1 atom stereocenters. The van der Waals surface area contributed by atoms with Gasteiger partial charge in [-0.3, -0.25) is 9.69 Å². The smallest absolute Gasteiger partial charge is 0.224 e. The summed E-state index contributed by atoms with van der Waals surface area (Å²) in [6.45, 7) is 2.31. The van der Waals surface area contributed by atoms with Crippen LogP contribution in [0.1, 0.15) is 18.4 Å². The van der Waals surface area contributed by atoms with Crippen molar-refractivity contribution >= 4 is 11.6 Å². The van der Waals surface area contributed by atoms with Gasteiger partial charge in [-0.2, -0.15) is 0 Å². The minimum atomic E-state index is 0.0435. The Morgan fingerprint density at radius 2 is 2.37 bits per heavy atom. The first-order valence-electron chi connectivity index (χ1n) is 6.61. The lowest BCUT2D eigenvalue weighted by Crippen LogP contribution is -2.41. The van der Waals surface area contributed by atoms with Crippen molar-refractivity contribution in [3.63, 3.8) is 0 Å². The van der Waals surface area contributed by atoms with Gasteiger partial charge in [0.1, 0.15) is 5.75 Å². The Labute approximate surface area is 113 Å². The summed E-state index contributed by atoms with van der Waals surface area (Å²) < 4.78 is 0. The van der Waals surface area contributed by atoms with Crippen LogP contribution in [0.2, 0.25) is 0 Å². The molecule has 0 bridgehead atoms. The third-order valence-electron chi connectivity index (χ3n) is 3.62. The van der Waals surface area contributed by atoms with Gasteiger partial charge in [-0.25, -0.2) is 0 Å². The van der Waals surface area contributed by atoms with Gasteiger partial charge in [-0.05, 0) is 37.6 Å². The van der Waals surface area contributed by atoms with Crippen LogP contribution in [-0.4, -0.2) is 36.1 Å². The van der Waals surface area contributed by atoms with E-state index >= 15 is 0 Å². The molecular weight excluding hydrogens is 242 g/mol. The number of piperidine rings is 1. The normalized spacial score (nSPS) is 20.2. The molecule has 0 spiro atoms. The maximum atomic E-state index is 11.7. The molecule has 2 rings (SSSR count). The van der Waals surface area contributed by atoms with Crippen LogP contribution in [0.3, 0.4) is 0 Å². The lowest BCUT2D eigenvalue weighted by atomic mass is 9.96. The molecule has 0 aliphatic carbocycles. The molecule has 1 aliphatic heterocycles. The van der Waals surface area contributed by atoms with Gasteiger partial charge < -0.3 is 16.2 Å². The van der Waals surface area contributed by atoms with Crippen LogP contribution >= 0.6 is 0 Å². The molecule has 0 radical (unpaired) electrons. The largest absolute Gasteiger partial charge is 0.508 e. The summed E-state index contributed by atoms with van der Waals surface area (Å²) in [6, 6.07) is 5.09. The van der Waals surface area contributed by atoms with Crippen molar-refractivity contribution in [1.82, 2.24) is 10.2 Å². The molecule has 1 aromatic carbocycles. The molecular formula is C14H21N3O2. The lowest BCUT2D eigenvalue weighted by Gasteiger charge is -2.31. The number of nitrogens with two attached hydrogens (primary N) is 1. The number of likely N-dealkylation sites (tertiary alicyclic amines) is 1. The number of nitrogens with one attached hydrogen (secondary N) is 1. The fourth-order valence-electron chi connectivity index (χ4n) is 2.59. The van der Waals surface area contributed by atoms with Crippen molar-refractivity contribution in [3.8, 4) is 5.75 Å². The number of nitrogens with zero attached hydrogens (tertiary/aromatic N) is 1. The van der Waals surface area contributed by atoms with Gasteiger partial charge in [0.05, 0.1) is 5.92 Å². The lowest BCUT2D eigenvalue weighted by molar-refractivity contribution is -0.126. The number of phenolic OH excluding ortho intramolecular Hbond substituents is 1. The Kier molecular flexibility index (Phi) is 4.27. The second kappa shape index (κ2) is 5.93. The zero-order valence-electron chi connectivity index (χ0n) is 11.2. The first-order chi connectivity index (χ1) is 9.10. The van der Waals surface area contributed by atoms with E-state index in [-0.39, 0.29) is 17.6 Å². The molecule has 5 nitrogen and oxygen atoms in total. The molecule has 1 heterocycles. The number of phenols is 1. The Morgan fingerprint density at radius 1 is 1.58 bits per heavy atom. The van der Waals surface area contributed by atoms with Crippen molar-refractivity contribution < 1.29 is 9.90 Å². The van der Waals surface area contributed by atoms with Gasteiger partial charge in [-0.1, -0.05) is 0 Å². The molecule has 0 saturated carbocycles. The number of anilines is 1. The number of nitrogen functional groups attached to an aromatic ring is 1. The van der Waals surface area contributed by atoms with Crippen LogP contribution in [0.4, 0.5) is 5.69 Å². The van der Waals surface area contributed by atoms with Crippen LogP contribution in [0.15, 0.2) is 18.2 Å². The number of hydrogen-bond donors (Lipinski definition) is 3. The average Bonchev–Trinajstić information content (AvgIpc) is 2.42. The van der Waals surface area contributed by atoms with E-state index < -0.39 is 0 Å². The highest BCUT2D eigenvalue weighted by Gasteiger charge is 2.25. The zero-order chi connectivity index (χ0) is 13.8. The molecule has 1 amide bonds.